The summed E-state index contributed by atoms with van der Waals surface area (Å²) >= 11 is 0. The molecule has 3 amide bonds. The lowest BCUT2D eigenvalue weighted by Crippen LogP contribution is -2.44. The molecule has 10 heteroatoms. The van der Waals surface area contributed by atoms with Crippen molar-refractivity contribution in [1.29, 1.82) is 0 Å². The number of rotatable bonds is 9. The first kappa shape index (κ1) is 25.6. The van der Waals surface area contributed by atoms with Crippen LogP contribution < -0.4 is 20.9 Å². The van der Waals surface area contributed by atoms with Gasteiger partial charge in [-0.1, -0.05) is 54.6 Å². The zero-order valence-corrected chi connectivity index (χ0v) is 19.8. The van der Waals surface area contributed by atoms with E-state index in [1.165, 1.54) is 24.3 Å². The van der Waals surface area contributed by atoms with Gasteiger partial charge in [0.2, 0.25) is 15.9 Å². The SMILES string of the molecule is CC(CC(=O)NNC(=O)c1cccc(S(=O)(=O)NCc2ccccc2)c1)NC(=O)c1ccccc1. The van der Waals surface area contributed by atoms with Gasteiger partial charge in [0, 0.05) is 30.1 Å². The molecule has 0 saturated carbocycles. The Balaban J connectivity index is 1.51. The van der Waals surface area contributed by atoms with E-state index in [1.807, 2.05) is 6.07 Å². The Hall–Kier alpha value is -4.02. The van der Waals surface area contributed by atoms with Gasteiger partial charge in [-0.25, -0.2) is 13.1 Å². The first-order chi connectivity index (χ1) is 16.7. The van der Waals surface area contributed by atoms with Crippen LogP contribution in [-0.2, 0) is 21.4 Å². The highest BCUT2D eigenvalue weighted by Gasteiger charge is 2.17. The zero-order chi connectivity index (χ0) is 25.3. The van der Waals surface area contributed by atoms with Crippen molar-refractivity contribution in [2.24, 2.45) is 0 Å². The molecule has 0 bridgehead atoms. The number of benzene rings is 3. The Bertz CT molecular complexity index is 1280. The summed E-state index contributed by atoms with van der Waals surface area (Å²) < 4.78 is 27.7. The average molecular weight is 495 g/mol. The van der Waals surface area contributed by atoms with Gasteiger partial charge in [0.25, 0.3) is 11.8 Å². The first-order valence-corrected chi connectivity index (χ1v) is 12.3. The summed E-state index contributed by atoms with van der Waals surface area (Å²) in [7, 11) is -3.85. The molecule has 35 heavy (non-hydrogen) atoms. The molecule has 0 radical (unpaired) electrons. The molecule has 3 rings (SSSR count). The lowest BCUT2D eigenvalue weighted by atomic mass is 10.1. The van der Waals surface area contributed by atoms with Crippen LogP contribution in [0.4, 0.5) is 0 Å². The maximum absolute atomic E-state index is 12.6. The van der Waals surface area contributed by atoms with Crippen molar-refractivity contribution in [3.05, 3.63) is 102 Å². The van der Waals surface area contributed by atoms with Crippen molar-refractivity contribution in [3.63, 3.8) is 0 Å². The monoisotopic (exact) mass is 494 g/mol. The molecule has 0 aliphatic heterocycles. The number of carbonyl (C=O) groups excluding carboxylic acids is 3. The van der Waals surface area contributed by atoms with E-state index in [2.05, 4.69) is 20.9 Å². The van der Waals surface area contributed by atoms with Crippen LogP contribution in [0, 0.1) is 0 Å². The molecule has 9 nitrogen and oxygen atoms in total. The molecule has 1 unspecified atom stereocenters. The number of hydrogen-bond acceptors (Lipinski definition) is 5. The van der Waals surface area contributed by atoms with Crippen LogP contribution in [0.5, 0.6) is 0 Å². The summed E-state index contributed by atoms with van der Waals surface area (Å²) in [6, 6.07) is 22.6. The molecular formula is C25H26N4O5S. The van der Waals surface area contributed by atoms with Crippen molar-refractivity contribution in [1.82, 2.24) is 20.9 Å². The molecule has 0 aliphatic rings. The Kier molecular flexibility index (Phi) is 8.71. The Morgan fingerprint density at radius 1 is 0.771 bits per heavy atom. The molecule has 4 N–H and O–H groups in total. The van der Waals surface area contributed by atoms with E-state index in [0.29, 0.717) is 5.56 Å². The van der Waals surface area contributed by atoms with Crippen LogP contribution in [0.3, 0.4) is 0 Å². The first-order valence-electron chi connectivity index (χ1n) is 10.8. The fourth-order valence-electron chi connectivity index (χ4n) is 3.14. The standard InChI is InChI=1S/C25H26N4O5S/c1-18(27-24(31)20-11-6-3-7-12-20)15-23(30)28-29-25(32)21-13-8-14-22(16-21)35(33,34)26-17-19-9-4-2-5-10-19/h2-14,16,18,26H,15,17H2,1H3,(H,27,31)(H,28,30)(H,29,32). The van der Waals surface area contributed by atoms with E-state index in [0.717, 1.165) is 5.56 Å². The van der Waals surface area contributed by atoms with Gasteiger partial charge in [-0.05, 0) is 42.8 Å². The second kappa shape index (κ2) is 11.9. The van der Waals surface area contributed by atoms with E-state index < -0.39 is 27.9 Å². The van der Waals surface area contributed by atoms with Crippen molar-refractivity contribution in [3.8, 4) is 0 Å². The van der Waals surface area contributed by atoms with E-state index in [1.54, 1.807) is 61.5 Å². The van der Waals surface area contributed by atoms with Gasteiger partial charge in [0.1, 0.15) is 0 Å². The third kappa shape index (κ3) is 7.76. The molecule has 1 atom stereocenters. The van der Waals surface area contributed by atoms with Gasteiger partial charge in [0.15, 0.2) is 0 Å². The van der Waals surface area contributed by atoms with Crippen molar-refractivity contribution in [2.75, 3.05) is 0 Å². The highest BCUT2D eigenvalue weighted by molar-refractivity contribution is 7.89. The lowest BCUT2D eigenvalue weighted by molar-refractivity contribution is -0.122. The van der Waals surface area contributed by atoms with Crippen LogP contribution in [0.2, 0.25) is 0 Å². The maximum atomic E-state index is 12.6. The molecular weight excluding hydrogens is 468 g/mol. The minimum Gasteiger partial charge on any atom is -0.349 e. The molecule has 3 aromatic carbocycles. The van der Waals surface area contributed by atoms with Gasteiger partial charge in [0.05, 0.1) is 4.90 Å². The highest BCUT2D eigenvalue weighted by Crippen LogP contribution is 2.12. The van der Waals surface area contributed by atoms with Crippen molar-refractivity contribution >= 4 is 27.7 Å². The van der Waals surface area contributed by atoms with Crippen LogP contribution in [0.25, 0.3) is 0 Å². The predicted molar refractivity (Wildman–Crippen MR) is 131 cm³/mol. The number of hydrazine groups is 1. The predicted octanol–water partition coefficient (Wildman–Crippen LogP) is 2.13. The number of hydrogen-bond donors (Lipinski definition) is 4. The summed E-state index contributed by atoms with van der Waals surface area (Å²) in [6.07, 6.45) is -0.0727. The zero-order valence-electron chi connectivity index (χ0n) is 19.0. The molecule has 0 saturated heterocycles. The smallest absolute Gasteiger partial charge is 0.269 e. The van der Waals surface area contributed by atoms with Crippen molar-refractivity contribution < 1.29 is 22.8 Å². The maximum Gasteiger partial charge on any atom is 0.269 e. The Morgan fingerprint density at radius 3 is 2.09 bits per heavy atom. The minimum absolute atomic E-state index is 0.0540. The second-order valence-electron chi connectivity index (χ2n) is 7.78. The minimum atomic E-state index is -3.85. The third-order valence-electron chi connectivity index (χ3n) is 4.94. The van der Waals surface area contributed by atoms with Crippen LogP contribution in [-0.4, -0.2) is 32.2 Å². The van der Waals surface area contributed by atoms with Crippen molar-refractivity contribution in [2.45, 2.75) is 30.8 Å². The highest BCUT2D eigenvalue weighted by atomic mass is 32.2. The molecule has 0 aromatic heterocycles. The third-order valence-corrected chi connectivity index (χ3v) is 6.34. The van der Waals surface area contributed by atoms with Gasteiger partial charge in [-0.3, -0.25) is 25.2 Å². The van der Waals surface area contributed by atoms with E-state index in [9.17, 15) is 22.8 Å². The summed E-state index contributed by atoms with van der Waals surface area (Å²) in [5.74, 6) is -1.51. The largest absolute Gasteiger partial charge is 0.349 e. The summed E-state index contributed by atoms with van der Waals surface area (Å²) in [4.78, 5) is 36.7. The number of amides is 3. The second-order valence-corrected chi connectivity index (χ2v) is 9.55. The normalized spacial score (nSPS) is 11.8. The van der Waals surface area contributed by atoms with E-state index >= 15 is 0 Å². The Labute approximate surface area is 204 Å². The molecule has 0 aliphatic carbocycles. The Morgan fingerprint density at radius 2 is 1.40 bits per heavy atom. The van der Waals surface area contributed by atoms with Gasteiger partial charge in [-0.15, -0.1) is 0 Å². The molecule has 0 heterocycles. The van der Waals surface area contributed by atoms with E-state index in [-0.39, 0.29) is 29.3 Å². The van der Waals surface area contributed by atoms with Gasteiger partial charge in [-0.2, -0.15) is 0 Å². The summed E-state index contributed by atoms with van der Waals surface area (Å²) in [5.41, 5.74) is 5.85. The number of nitrogens with one attached hydrogen (secondary N) is 4. The topological polar surface area (TPSA) is 133 Å². The van der Waals surface area contributed by atoms with Gasteiger partial charge >= 0.3 is 0 Å². The number of sulfonamides is 1. The number of carbonyl (C=O) groups is 3. The van der Waals surface area contributed by atoms with Gasteiger partial charge < -0.3 is 5.32 Å². The fourth-order valence-corrected chi connectivity index (χ4v) is 4.20. The molecule has 0 spiro atoms. The molecule has 0 fully saturated rings. The average Bonchev–Trinajstić information content (AvgIpc) is 2.87. The fraction of sp³-hybridized carbons (Fsp3) is 0.160. The molecule has 182 valence electrons. The van der Waals surface area contributed by atoms with Crippen LogP contribution >= 0.6 is 0 Å². The van der Waals surface area contributed by atoms with E-state index in [4.69, 9.17) is 0 Å². The lowest BCUT2D eigenvalue weighted by Gasteiger charge is -2.14. The summed E-state index contributed by atoms with van der Waals surface area (Å²) in [5, 5.41) is 2.71. The molecule has 3 aromatic rings. The van der Waals surface area contributed by atoms with Crippen LogP contribution in [0.15, 0.2) is 89.8 Å². The quantitative estimate of drug-likeness (QED) is 0.338. The van der Waals surface area contributed by atoms with Crippen LogP contribution in [0.1, 0.15) is 39.6 Å². The summed E-state index contributed by atoms with van der Waals surface area (Å²) in [6.45, 7) is 1.77.